The van der Waals surface area contributed by atoms with Crippen molar-refractivity contribution in [2.24, 2.45) is 0 Å². The maximum absolute atomic E-state index is 3.97. The summed E-state index contributed by atoms with van der Waals surface area (Å²) in [7, 11) is 0. The minimum Gasteiger partial charge on any atom is -0.0801 e. The highest BCUT2D eigenvalue weighted by atomic mass is 14.3. The van der Waals surface area contributed by atoms with E-state index in [1.54, 1.807) is 5.56 Å². The van der Waals surface area contributed by atoms with E-state index in [2.05, 4.69) is 125 Å². The van der Waals surface area contributed by atoms with Gasteiger partial charge >= 0.3 is 0 Å². The van der Waals surface area contributed by atoms with Crippen LogP contribution in [0.2, 0.25) is 0 Å². The first-order valence-electron chi connectivity index (χ1n) is 14.7. The number of fused-ring (bicyclic) bond motifs is 3. The highest BCUT2D eigenvalue weighted by Gasteiger charge is 2.28. The first-order valence-corrected chi connectivity index (χ1v) is 14.7. The van der Waals surface area contributed by atoms with Gasteiger partial charge in [-0.15, -0.1) is 0 Å². The van der Waals surface area contributed by atoms with E-state index in [-0.39, 0.29) is 0 Å². The molecule has 0 unspecified atom stereocenters. The Labute approximate surface area is 233 Å². The van der Waals surface area contributed by atoms with Gasteiger partial charge in [0.05, 0.1) is 0 Å². The van der Waals surface area contributed by atoms with Gasteiger partial charge in [-0.3, -0.25) is 0 Å². The first kappa shape index (κ1) is 25.4. The predicted molar refractivity (Wildman–Crippen MR) is 167 cm³/mol. The van der Waals surface area contributed by atoms with Crippen LogP contribution in [0.25, 0.3) is 28.3 Å². The van der Waals surface area contributed by atoms with Crippen molar-refractivity contribution in [2.75, 3.05) is 0 Å². The lowest BCUT2D eigenvalue weighted by molar-refractivity contribution is 0.975. The van der Waals surface area contributed by atoms with Crippen LogP contribution in [0, 0.1) is 0 Å². The number of benzene rings is 4. The van der Waals surface area contributed by atoms with Gasteiger partial charge in [-0.05, 0) is 115 Å². The van der Waals surface area contributed by atoms with Crippen molar-refractivity contribution < 1.29 is 0 Å². The summed E-state index contributed by atoms with van der Waals surface area (Å²) < 4.78 is 0. The maximum atomic E-state index is 3.97. The smallest absolute Gasteiger partial charge is 0.000721 e. The van der Waals surface area contributed by atoms with Crippen LogP contribution in [0.15, 0.2) is 91.0 Å². The minimum absolute atomic E-state index is 0.975. The summed E-state index contributed by atoms with van der Waals surface area (Å²) in [6, 6.07) is 26.5. The molecule has 0 spiro atoms. The molecule has 0 heteroatoms. The second-order valence-electron chi connectivity index (χ2n) is 10.5. The zero-order chi connectivity index (χ0) is 26.9. The van der Waals surface area contributed by atoms with Crippen LogP contribution in [0.3, 0.4) is 0 Å². The molecule has 0 N–H and O–H groups in total. The van der Waals surface area contributed by atoms with Crippen LogP contribution >= 0.6 is 0 Å². The molecule has 0 aromatic heterocycles. The summed E-state index contributed by atoms with van der Waals surface area (Å²) in [5, 5.41) is 2.59. The monoisotopic (exact) mass is 505 g/mol. The van der Waals surface area contributed by atoms with Gasteiger partial charge < -0.3 is 0 Å². The Bertz CT molecular complexity index is 1690. The number of allylic oxidation sites excluding steroid dienone is 4. The van der Waals surface area contributed by atoms with Crippen LogP contribution < -0.4 is 10.4 Å². The van der Waals surface area contributed by atoms with E-state index in [1.165, 1.54) is 71.7 Å². The number of hydrogen-bond acceptors (Lipinski definition) is 0. The molecular formula is C39H37. The van der Waals surface area contributed by atoms with Crippen LogP contribution in [0.5, 0.6) is 0 Å². The van der Waals surface area contributed by atoms with Crippen molar-refractivity contribution in [3.8, 4) is 11.1 Å². The lowest BCUT2D eigenvalue weighted by Gasteiger charge is -2.24. The second kappa shape index (κ2) is 10.7. The molecule has 0 bridgehead atoms. The average Bonchev–Trinajstić information content (AvgIpc) is 3.65. The zero-order valence-corrected chi connectivity index (χ0v) is 23.7. The topological polar surface area (TPSA) is 0 Å². The molecule has 2 aliphatic rings. The molecule has 0 aliphatic heterocycles. The Morgan fingerprint density at radius 2 is 1.21 bits per heavy atom. The van der Waals surface area contributed by atoms with Crippen molar-refractivity contribution in [3.63, 3.8) is 0 Å². The van der Waals surface area contributed by atoms with Gasteiger partial charge in [0, 0.05) is 0 Å². The molecule has 193 valence electrons. The fourth-order valence-corrected chi connectivity index (χ4v) is 6.97. The molecule has 0 fully saturated rings. The van der Waals surface area contributed by atoms with E-state index in [9.17, 15) is 0 Å². The van der Waals surface area contributed by atoms with Crippen molar-refractivity contribution in [3.05, 3.63) is 146 Å². The van der Waals surface area contributed by atoms with Crippen LogP contribution in [0.4, 0.5) is 0 Å². The third kappa shape index (κ3) is 4.14. The summed E-state index contributed by atoms with van der Waals surface area (Å²) in [5.41, 5.74) is 17.0. The quantitative estimate of drug-likeness (QED) is 0.209. The van der Waals surface area contributed by atoms with Gasteiger partial charge in [-0.25, -0.2) is 0 Å². The summed E-state index contributed by atoms with van der Waals surface area (Å²) in [6.45, 7) is 9.32. The molecule has 39 heavy (non-hydrogen) atoms. The first-order chi connectivity index (χ1) is 19.2. The van der Waals surface area contributed by atoms with Crippen LogP contribution in [-0.2, 0) is 25.7 Å². The molecule has 4 aromatic carbocycles. The Morgan fingerprint density at radius 3 is 1.74 bits per heavy atom. The molecule has 0 amide bonds. The van der Waals surface area contributed by atoms with Crippen molar-refractivity contribution >= 4 is 17.2 Å². The maximum Gasteiger partial charge on any atom is -0.000721 e. The largest absolute Gasteiger partial charge is 0.0801 e. The molecule has 4 aromatic rings. The molecule has 0 heterocycles. The van der Waals surface area contributed by atoms with Crippen LogP contribution in [-0.4, -0.2) is 0 Å². The lowest BCUT2D eigenvalue weighted by Crippen LogP contribution is -2.21. The molecule has 0 saturated heterocycles. The molecule has 0 nitrogen and oxygen atoms in total. The van der Waals surface area contributed by atoms with Gasteiger partial charge in [0.1, 0.15) is 0 Å². The Hall–Kier alpha value is -3.90. The Kier molecular flexibility index (Phi) is 6.96. The normalized spacial score (nSPS) is 13.2. The van der Waals surface area contributed by atoms with E-state index in [1.807, 2.05) is 0 Å². The third-order valence-corrected chi connectivity index (χ3v) is 8.56. The summed E-state index contributed by atoms with van der Waals surface area (Å²) in [6.07, 6.45) is 16.0. The summed E-state index contributed by atoms with van der Waals surface area (Å²) in [4.78, 5) is 0. The van der Waals surface area contributed by atoms with Crippen molar-refractivity contribution in [2.45, 2.75) is 59.8 Å². The third-order valence-electron chi connectivity index (χ3n) is 8.56. The van der Waals surface area contributed by atoms with Gasteiger partial charge in [0.15, 0.2) is 0 Å². The molecule has 0 saturated carbocycles. The second-order valence-corrected chi connectivity index (χ2v) is 10.5. The van der Waals surface area contributed by atoms with Gasteiger partial charge in [0.2, 0.25) is 0 Å². The van der Waals surface area contributed by atoms with E-state index in [0.29, 0.717) is 0 Å². The minimum atomic E-state index is 0.975. The van der Waals surface area contributed by atoms with Gasteiger partial charge in [-0.2, -0.15) is 0 Å². The number of rotatable bonds is 7. The van der Waals surface area contributed by atoms with E-state index in [4.69, 9.17) is 0 Å². The summed E-state index contributed by atoms with van der Waals surface area (Å²) in [5.74, 6) is 0. The highest BCUT2D eigenvalue weighted by molar-refractivity contribution is 5.96. The SMILES string of the molecule is CCc1c(CC)c(C2=CC=CC2)c2c(c1CC)-c1c(CC)c(=C(c3ccccc3)c3ccccc3)ccc1=[C]2. The van der Waals surface area contributed by atoms with E-state index >= 15 is 0 Å². The Balaban J connectivity index is 1.76. The fraction of sp³-hybridized carbons (Fsp3) is 0.231. The summed E-state index contributed by atoms with van der Waals surface area (Å²) >= 11 is 0. The van der Waals surface area contributed by atoms with E-state index < -0.39 is 0 Å². The standard InChI is InChI=1S/C39H37/c1-5-30-31(6-2)37(28-21-15-16-22-28)35-25-29-23-24-34(33(8-4)38(29)39(35)32(30)7-3)36(26-17-11-9-12-18-26)27-19-13-10-14-20-27/h9-21,23-24H,5-8,22H2,1-4H3. The van der Waals surface area contributed by atoms with Gasteiger partial charge in [0.25, 0.3) is 0 Å². The zero-order valence-electron chi connectivity index (χ0n) is 23.7. The van der Waals surface area contributed by atoms with Crippen molar-refractivity contribution in [1.82, 2.24) is 0 Å². The van der Waals surface area contributed by atoms with Gasteiger partial charge in [-0.1, -0.05) is 119 Å². The average molecular weight is 506 g/mol. The molecule has 1 radical (unpaired) electrons. The fourth-order valence-electron chi connectivity index (χ4n) is 6.97. The Morgan fingerprint density at radius 1 is 0.615 bits per heavy atom. The van der Waals surface area contributed by atoms with E-state index in [0.717, 1.165) is 32.1 Å². The molecular weight excluding hydrogens is 468 g/mol. The molecule has 0 atom stereocenters. The highest BCUT2D eigenvalue weighted by Crippen LogP contribution is 2.44. The predicted octanol–water partition coefficient (Wildman–Crippen LogP) is 8.21. The lowest BCUT2D eigenvalue weighted by atomic mass is 9.79. The molecule has 6 rings (SSSR count). The van der Waals surface area contributed by atoms with Crippen LogP contribution in [0.1, 0.15) is 78.6 Å². The van der Waals surface area contributed by atoms with Crippen molar-refractivity contribution in [1.29, 1.82) is 0 Å². The number of hydrogen-bond donors (Lipinski definition) is 0. The molecule has 2 aliphatic carbocycles.